The second-order valence-corrected chi connectivity index (χ2v) is 8.86. The zero-order chi connectivity index (χ0) is 18.6. The van der Waals surface area contributed by atoms with Crippen molar-refractivity contribution in [3.8, 4) is 0 Å². The molecule has 1 atom stereocenters. The summed E-state index contributed by atoms with van der Waals surface area (Å²) in [5.74, 6) is 0.503. The first-order chi connectivity index (χ1) is 12.5. The summed E-state index contributed by atoms with van der Waals surface area (Å²) in [6.07, 6.45) is 1.36. The smallest absolute Gasteiger partial charge is 0.228 e. The maximum absolute atomic E-state index is 12.2. The highest BCUT2D eigenvalue weighted by Gasteiger charge is 2.16. The first kappa shape index (κ1) is 18.6. The lowest BCUT2D eigenvalue weighted by atomic mass is 9.98. The molecule has 0 bridgehead atoms. The summed E-state index contributed by atoms with van der Waals surface area (Å²) in [5, 5.41) is 6.25. The molecule has 2 aromatic carbocycles. The predicted molar refractivity (Wildman–Crippen MR) is 103 cm³/mol. The van der Waals surface area contributed by atoms with Crippen LogP contribution in [0.2, 0.25) is 0 Å². The van der Waals surface area contributed by atoms with Crippen LogP contribution in [0.1, 0.15) is 30.4 Å². The minimum atomic E-state index is -3.21. The molecule has 1 unspecified atom stereocenters. The summed E-state index contributed by atoms with van der Waals surface area (Å²) in [6, 6.07) is 14.5. The monoisotopic (exact) mass is 372 g/mol. The lowest BCUT2D eigenvalue weighted by Gasteiger charge is -2.10. The molecule has 26 heavy (non-hydrogen) atoms. The van der Waals surface area contributed by atoms with Crippen molar-refractivity contribution in [2.75, 3.05) is 24.2 Å². The Kier molecular flexibility index (Phi) is 5.74. The summed E-state index contributed by atoms with van der Waals surface area (Å²) in [7, 11) is -3.21. The fraction of sp³-hybridized carbons (Fsp3) is 0.350. The third kappa shape index (κ3) is 4.51. The van der Waals surface area contributed by atoms with E-state index < -0.39 is 9.84 Å². The number of carbonyl (C=O) groups is 1. The molecular formula is C20H24N2O3S. The van der Waals surface area contributed by atoms with Gasteiger partial charge in [-0.3, -0.25) is 4.79 Å². The SMILES string of the molecule is CCS(=O)(=O)c1ccc(CC(=O)Nc2ccc(C3CCNC3)cc2)cc1. The Morgan fingerprint density at radius 1 is 1.12 bits per heavy atom. The van der Waals surface area contributed by atoms with Gasteiger partial charge in [-0.05, 0) is 54.3 Å². The van der Waals surface area contributed by atoms with Gasteiger partial charge in [0.05, 0.1) is 17.1 Å². The number of benzene rings is 2. The van der Waals surface area contributed by atoms with Crippen LogP contribution in [0.3, 0.4) is 0 Å². The van der Waals surface area contributed by atoms with Gasteiger partial charge in [0, 0.05) is 12.2 Å². The molecule has 138 valence electrons. The van der Waals surface area contributed by atoms with E-state index >= 15 is 0 Å². The third-order valence-electron chi connectivity index (χ3n) is 4.75. The first-order valence-corrected chi connectivity index (χ1v) is 10.6. The van der Waals surface area contributed by atoms with Gasteiger partial charge in [-0.1, -0.05) is 31.2 Å². The van der Waals surface area contributed by atoms with E-state index in [2.05, 4.69) is 22.8 Å². The van der Waals surface area contributed by atoms with Crippen LogP contribution in [0.15, 0.2) is 53.4 Å². The van der Waals surface area contributed by atoms with Gasteiger partial charge in [0.1, 0.15) is 0 Å². The van der Waals surface area contributed by atoms with E-state index in [0.29, 0.717) is 10.8 Å². The van der Waals surface area contributed by atoms with E-state index in [0.717, 1.165) is 30.8 Å². The van der Waals surface area contributed by atoms with Crippen molar-refractivity contribution >= 4 is 21.4 Å². The highest BCUT2D eigenvalue weighted by atomic mass is 32.2. The van der Waals surface area contributed by atoms with Gasteiger partial charge in [-0.2, -0.15) is 0 Å². The number of amides is 1. The van der Waals surface area contributed by atoms with Crippen molar-refractivity contribution in [2.45, 2.75) is 30.6 Å². The number of anilines is 1. The topological polar surface area (TPSA) is 75.3 Å². The molecule has 1 aliphatic heterocycles. The number of nitrogens with one attached hydrogen (secondary N) is 2. The van der Waals surface area contributed by atoms with Crippen LogP contribution in [-0.2, 0) is 21.1 Å². The van der Waals surface area contributed by atoms with Crippen molar-refractivity contribution in [3.63, 3.8) is 0 Å². The van der Waals surface area contributed by atoms with E-state index in [4.69, 9.17) is 0 Å². The maximum atomic E-state index is 12.2. The van der Waals surface area contributed by atoms with Gasteiger partial charge >= 0.3 is 0 Å². The van der Waals surface area contributed by atoms with Crippen molar-refractivity contribution < 1.29 is 13.2 Å². The van der Waals surface area contributed by atoms with Gasteiger partial charge in [-0.15, -0.1) is 0 Å². The van der Waals surface area contributed by atoms with Crippen LogP contribution >= 0.6 is 0 Å². The summed E-state index contributed by atoms with van der Waals surface area (Å²) in [5.41, 5.74) is 2.85. The summed E-state index contributed by atoms with van der Waals surface area (Å²) >= 11 is 0. The van der Waals surface area contributed by atoms with Gasteiger partial charge < -0.3 is 10.6 Å². The summed E-state index contributed by atoms with van der Waals surface area (Å²) in [4.78, 5) is 12.5. The molecule has 5 nitrogen and oxygen atoms in total. The molecular weight excluding hydrogens is 348 g/mol. The highest BCUT2D eigenvalue weighted by Crippen LogP contribution is 2.23. The zero-order valence-electron chi connectivity index (χ0n) is 14.9. The van der Waals surface area contributed by atoms with Crippen molar-refractivity contribution in [3.05, 3.63) is 59.7 Å². The van der Waals surface area contributed by atoms with E-state index in [1.54, 1.807) is 31.2 Å². The molecule has 0 aromatic heterocycles. The molecule has 1 heterocycles. The fourth-order valence-electron chi connectivity index (χ4n) is 3.15. The van der Waals surface area contributed by atoms with Crippen LogP contribution in [-0.4, -0.2) is 33.2 Å². The van der Waals surface area contributed by atoms with Crippen molar-refractivity contribution in [1.82, 2.24) is 5.32 Å². The minimum absolute atomic E-state index is 0.0692. The van der Waals surface area contributed by atoms with Crippen LogP contribution in [0.25, 0.3) is 0 Å². The first-order valence-electron chi connectivity index (χ1n) is 8.90. The number of sulfone groups is 1. The predicted octanol–water partition coefficient (Wildman–Crippen LogP) is 2.74. The molecule has 6 heteroatoms. The fourth-order valence-corrected chi connectivity index (χ4v) is 4.03. The molecule has 0 saturated carbocycles. The second-order valence-electron chi connectivity index (χ2n) is 6.58. The van der Waals surface area contributed by atoms with E-state index in [1.807, 2.05) is 12.1 Å². The molecule has 2 N–H and O–H groups in total. The molecule has 0 radical (unpaired) electrons. The van der Waals surface area contributed by atoms with Gasteiger partial charge in [0.15, 0.2) is 9.84 Å². The molecule has 1 aliphatic rings. The van der Waals surface area contributed by atoms with Gasteiger partial charge in [-0.25, -0.2) is 8.42 Å². The zero-order valence-corrected chi connectivity index (χ0v) is 15.7. The lowest BCUT2D eigenvalue weighted by molar-refractivity contribution is -0.115. The van der Waals surface area contributed by atoms with Crippen LogP contribution in [0, 0.1) is 0 Å². The minimum Gasteiger partial charge on any atom is -0.326 e. The Morgan fingerprint density at radius 2 is 1.81 bits per heavy atom. The normalized spacial score (nSPS) is 17.2. The quantitative estimate of drug-likeness (QED) is 0.818. The Hall–Kier alpha value is -2.18. The van der Waals surface area contributed by atoms with Crippen molar-refractivity contribution in [1.29, 1.82) is 0 Å². The Balaban J connectivity index is 1.58. The standard InChI is InChI=1S/C20H24N2O3S/c1-2-26(24,25)19-9-3-15(4-10-19)13-20(23)22-18-7-5-16(6-8-18)17-11-12-21-14-17/h3-10,17,21H,2,11-14H2,1H3,(H,22,23). The third-order valence-corrected chi connectivity index (χ3v) is 6.50. The summed E-state index contributed by atoms with van der Waals surface area (Å²) < 4.78 is 23.6. The molecule has 1 fully saturated rings. The van der Waals surface area contributed by atoms with E-state index in [9.17, 15) is 13.2 Å². The lowest BCUT2D eigenvalue weighted by Crippen LogP contribution is -2.14. The molecule has 2 aromatic rings. The van der Waals surface area contributed by atoms with Crippen LogP contribution in [0.5, 0.6) is 0 Å². The van der Waals surface area contributed by atoms with Crippen molar-refractivity contribution in [2.24, 2.45) is 0 Å². The molecule has 3 rings (SSSR count). The number of rotatable bonds is 6. The van der Waals surface area contributed by atoms with E-state index in [-0.39, 0.29) is 18.1 Å². The Morgan fingerprint density at radius 3 is 2.38 bits per heavy atom. The summed E-state index contributed by atoms with van der Waals surface area (Å²) in [6.45, 7) is 3.68. The average molecular weight is 372 g/mol. The number of hydrogen-bond donors (Lipinski definition) is 2. The molecule has 0 spiro atoms. The molecule has 1 saturated heterocycles. The van der Waals surface area contributed by atoms with Gasteiger partial charge in [0.2, 0.25) is 5.91 Å². The van der Waals surface area contributed by atoms with Crippen LogP contribution in [0.4, 0.5) is 5.69 Å². The highest BCUT2D eigenvalue weighted by molar-refractivity contribution is 7.91. The van der Waals surface area contributed by atoms with Crippen LogP contribution < -0.4 is 10.6 Å². The van der Waals surface area contributed by atoms with Gasteiger partial charge in [0.25, 0.3) is 0 Å². The number of carbonyl (C=O) groups excluding carboxylic acids is 1. The Labute approximate surface area is 154 Å². The van der Waals surface area contributed by atoms with E-state index in [1.165, 1.54) is 5.56 Å². The average Bonchev–Trinajstić information content (AvgIpc) is 3.17. The second kappa shape index (κ2) is 8.01. The molecule has 0 aliphatic carbocycles. The largest absolute Gasteiger partial charge is 0.326 e. The Bertz CT molecular complexity index is 853. The number of hydrogen-bond acceptors (Lipinski definition) is 4. The maximum Gasteiger partial charge on any atom is 0.228 e. The molecule has 1 amide bonds.